The molecule has 0 heterocycles. The lowest BCUT2D eigenvalue weighted by molar-refractivity contribution is -0.119. The summed E-state index contributed by atoms with van der Waals surface area (Å²) in [5.41, 5.74) is 6.92. The van der Waals surface area contributed by atoms with Gasteiger partial charge in [0.2, 0.25) is 17.7 Å². The number of hydrogen-bond acceptors (Lipinski definition) is 5. The van der Waals surface area contributed by atoms with Crippen LogP contribution in [0.5, 0.6) is 0 Å². The minimum atomic E-state index is -0.514. The van der Waals surface area contributed by atoms with E-state index in [1.54, 1.807) is 36.0 Å². The molecule has 0 aromatic heterocycles. The van der Waals surface area contributed by atoms with Crippen molar-refractivity contribution in [2.75, 3.05) is 36.5 Å². The van der Waals surface area contributed by atoms with Gasteiger partial charge in [-0.25, -0.2) is 0 Å². The second-order valence-corrected chi connectivity index (χ2v) is 7.26. The second-order valence-electron chi connectivity index (χ2n) is 6.39. The van der Waals surface area contributed by atoms with Gasteiger partial charge in [0.15, 0.2) is 0 Å². The van der Waals surface area contributed by atoms with E-state index in [9.17, 15) is 14.4 Å². The Balaban J connectivity index is 1.78. The molecule has 0 fully saturated rings. The van der Waals surface area contributed by atoms with E-state index >= 15 is 0 Å². The third kappa shape index (κ3) is 7.59. The summed E-state index contributed by atoms with van der Waals surface area (Å²) in [6.07, 6.45) is 2.25. The van der Waals surface area contributed by atoms with Gasteiger partial charge in [-0.2, -0.15) is 0 Å². The number of nitrogens with one attached hydrogen (secondary N) is 2. The van der Waals surface area contributed by atoms with Crippen molar-refractivity contribution >= 4 is 40.9 Å². The molecule has 3 amide bonds. The van der Waals surface area contributed by atoms with E-state index in [1.807, 2.05) is 42.3 Å². The Labute approximate surface area is 175 Å². The van der Waals surface area contributed by atoms with E-state index in [2.05, 4.69) is 10.6 Å². The van der Waals surface area contributed by atoms with Crippen molar-refractivity contribution in [1.29, 1.82) is 0 Å². The molecule has 0 aliphatic carbocycles. The van der Waals surface area contributed by atoms with E-state index in [1.165, 1.54) is 0 Å². The quantitative estimate of drug-likeness (QED) is 0.519. The number of likely N-dealkylation sites (N-methyl/N-ethyl adjacent to an activating group) is 1. The number of thioether (sulfide) groups is 1. The van der Waals surface area contributed by atoms with Crippen LogP contribution in [0, 0.1) is 0 Å². The van der Waals surface area contributed by atoms with Gasteiger partial charge in [0.1, 0.15) is 0 Å². The predicted octanol–water partition coefficient (Wildman–Crippen LogP) is 2.80. The maximum Gasteiger partial charge on any atom is 0.248 e. The van der Waals surface area contributed by atoms with Crippen LogP contribution in [0.15, 0.2) is 53.4 Å². The molecular formula is C21H26N4O3S. The molecule has 0 saturated heterocycles. The summed E-state index contributed by atoms with van der Waals surface area (Å²) in [4.78, 5) is 38.5. The van der Waals surface area contributed by atoms with Crippen molar-refractivity contribution < 1.29 is 14.4 Å². The number of anilines is 2. The van der Waals surface area contributed by atoms with Gasteiger partial charge < -0.3 is 16.4 Å². The molecule has 4 N–H and O–H groups in total. The van der Waals surface area contributed by atoms with Gasteiger partial charge in [-0.05, 0) is 61.3 Å². The lowest BCUT2D eigenvalue weighted by Gasteiger charge is -2.19. The van der Waals surface area contributed by atoms with Crippen molar-refractivity contribution in [2.45, 2.75) is 18.2 Å². The van der Waals surface area contributed by atoms with Crippen LogP contribution in [0.3, 0.4) is 0 Å². The lowest BCUT2D eigenvalue weighted by atomic mass is 10.2. The molecular weight excluding hydrogens is 388 g/mol. The molecule has 0 spiro atoms. The van der Waals surface area contributed by atoms with Gasteiger partial charge in [-0.1, -0.05) is 6.92 Å². The maximum atomic E-state index is 12.3. The zero-order chi connectivity index (χ0) is 21.2. The second kappa shape index (κ2) is 11.2. The summed E-state index contributed by atoms with van der Waals surface area (Å²) < 4.78 is 0. The number of rotatable bonds is 10. The Morgan fingerprint density at radius 3 is 2.00 bits per heavy atom. The standard InChI is InChI=1S/C21H26N4O3S/c1-3-25(14-20(27)24-17-8-10-18(29-2)11-9-17)13-12-19(26)23-16-6-4-15(5-7-16)21(22)28/h4-11H,3,12-14H2,1-2H3,(H2,22,28)(H,23,26)(H,24,27). The number of hydrogen-bond donors (Lipinski definition) is 3. The van der Waals surface area contributed by atoms with Crippen LogP contribution in [-0.4, -0.2) is 48.5 Å². The van der Waals surface area contributed by atoms with Gasteiger partial charge in [0.25, 0.3) is 0 Å². The fourth-order valence-electron chi connectivity index (χ4n) is 2.63. The monoisotopic (exact) mass is 414 g/mol. The number of amides is 3. The molecule has 0 aliphatic heterocycles. The van der Waals surface area contributed by atoms with E-state index < -0.39 is 5.91 Å². The Kier molecular flexibility index (Phi) is 8.69. The fraction of sp³-hybridized carbons (Fsp3) is 0.286. The van der Waals surface area contributed by atoms with Crippen LogP contribution >= 0.6 is 11.8 Å². The molecule has 2 aromatic rings. The molecule has 0 atom stereocenters. The molecule has 8 heteroatoms. The summed E-state index contributed by atoms with van der Waals surface area (Å²) in [6, 6.07) is 14.0. The van der Waals surface area contributed by atoms with Gasteiger partial charge >= 0.3 is 0 Å². The first-order valence-corrected chi connectivity index (χ1v) is 10.5. The average molecular weight is 415 g/mol. The first kappa shape index (κ1) is 22.4. The number of nitrogens with zero attached hydrogens (tertiary/aromatic N) is 1. The molecule has 154 valence electrons. The van der Waals surface area contributed by atoms with Crippen molar-refractivity contribution in [2.24, 2.45) is 5.73 Å². The number of carbonyl (C=O) groups is 3. The van der Waals surface area contributed by atoms with Crippen molar-refractivity contribution in [3.05, 3.63) is 54.1 Å². The van der Waals surface area contributed by atoms with Gasteiger partial charge in [0.05, 0.1) is 6.54 Å². The zero-order valence-electron chi connectivity index (χ0n) is 16.6. The molecule has 0 unspecified atom stereocenters. The van der Waals surface area contributed by atoms with Crippen LogP contribution in [0.25, 0.3) is 0 Å². The van der Waals surface area contributed by atoms with Crippen LogP contribution in [0.2, 0.25) is 0 Å². The topological polar surface area (TPSA) is 105 Å². The molecule has 0 bridgehead atoms. The molecule has 0 radical (unpaired) electrons. The molecule has 7 nitrogen and oxygen atoms in total. The molecule has 2 aromatic carbocycles. The first-order chi connectivity index (χ1) is 13.9. The lowest BCUT2D eigenvalue weighted by Crippen LogP contribution is -2.35. The minimum absolute atomic E-state index is 0.119. The van der Waals surface area contributed by atoms with Crippen molar-refractivity contribution in [1.82, 2.24) is 4.90 Å². The first-order valence-electron chi connectivity index (χ1n) is 9.27. The summed E-state index contributed by atoms with van der Waals surface area (Å²) in [6.45, 7) is 3.27. The number of nitrogens with two attached hydrogens (primary N) is 1. The van der Waals surface area contributed by atoms with Crippen molar-refractivity contribution in [3.8, 4) is 0 Å². The highest BCUT2D eigenvalue weighted by molar-refractivity contribution is 7.98. The summed E-state index contributed by atoms with van der Waals surface area (Å²) >= 11 is 1.64. The predicted molar refractivity (Wildman–Crippen MR) is 117 cm³/mol. The number of primary amides is 1. The fourth-order valence-corrected chi connectivity index (χ4v) is 3.04. The van der Waals surface area contributed by atoms with Crippen LogP contribution in [0.1, 0.15) is 23.7 Å². The Bertz CT molecular complexity index is 838. The highest BCUT2D eigenvalue weighted by Gasteiger charge is 2.12. The minimum Gasteiger partial charge on any atom is -0.366 e. The SMILES string of the molecule is CCN(CCC(=O)Nc1ccc(C(N)=O)cc1)CC(=O)Nc1ccc(SC)cc1. The average Bonchev–Trinajstić information content (AvgIpc) is 2.72. The van der Waals surface area contributed by atoms with E-state index in [4.69, 9.17) is 5.73 Å². The Hall–Kier alpha value is -2.84. The third-order valence-corrected chi connectivity index (χ3v) is 5.04. The molecule has 0 saturated carbocycles. The third-order valence-electron chi connectivity index (χ3n) is 4.30. The highest BCUT2D eigenvalue weighted by atomic mass is 32.2. The normalized spacial score (nSPS) is 10.6. The van der Waals surface area contributed by atoms with E-state index in [-0.39, 0.29) is 24.8 Å². The van der Waals surface area contributed by atoms with Gasteiger partial charge in [-0.15, -0.1) is 11.8 Å². The van der Waals surface area contributed by atoms with Crippen LogP contribution in [-0.2, 0) is 9.59 Å². The summed E-state index contributed by atoms with van der Waals surface area (Å²) in [5, 5.41) is 5.64. The highest BCUT2D eigenvalue weighted by Crippen LogP contribution is 2.17. The molecule has 0 aliphatic rings. The zero-order valence-corrected chi connectivity index (χ0v) is 17.4. The van der Waals surface area contributed by atoms with Crippen LogP contribution < -0.4 is 16.4 Å². The van der Waals surface area contributed by atoms with Gasteiger partial charge in [0, 0.05) is 34.8 Å². The smallest absolute Gasteiger partial charge is 0.248 e. The van der Waals surface area contributed by atoms with E-state index in [0.29, 0.717) is 24.3 Å². The maximum absolute atomic E-state index is 12.3. The van der Waals surface area contributed by atoms with E-state index in [0.717, 1.165) is 10.6 Å². The van der Waals surface area contributed by atoms with Crippen LogP contribution in [0.4, 0.5) is 11.4 Å². The Morgan fingerprint density at radius 2 is 1.48 bits per heavy atom. The Morgan fingerprint density at radius 1 is 0.931 bits per heavy atom. The summed E-state index contributed by atoms with van der Waals surface area (Å²) in [7, 11) is 0. The number of carbonyl (C=O) groups excluding carboxylic acids is 3. The van der Waals surface area contributed by atoms with Crippen molar-refractivity contribution in [3.63, 3.8) is 0 Å². The molecule has 2 rings (SSSR count). The molecule has 29 heavy (non-hydrogen) atoms. The largest absolute Gasteiger partial charge is 0.366 e. The summed E-state index contributed by atoms with van der Waals surface area (Å²) in [5.74, 6) is -0.797. The number of benzene rings is 2. The van der Waals surface area contributed by atoms with Gasteiger partial charge in [-0.3, -0.25) is 19.3 Å².